The van der Waals surface area contributed by atoms with Crippen LogP contribution in [0.25, 0.3) is 10.9 Å². The van der Waals surface area contributed by atoms with Gasteiger partial charge >= 0.3 is 11.8 Å². The Labute approximate surface area is 177 Å². The minimum Gasteiger partial charge on any atom is -0.482 e. The lowest BCUT2D eigenvalue weighted by molar-refractivity contribution is -0.136. The molecule has 2 aromatic carbocycles. The summed E-state index contributed by atoms with van der Waals surface area (Å²) >= 11 is 6.05. The van der Waals surface area contributed by atoms with Crippen molar-refractivity contribution in [3.63, 3.8) is 0 Å². The molecule has 30 heavy (non-hydrogen) atoms. The largest absolute Gasteiger partial charge is 0.482 e. The van der Waals surface area contributed by atoms with Gasteiger partial charge in [0.05, 0.1) is 5.69 Å². The van der Waals surface area contributed by atoms with Crippen LogP contribution < -0.4 is 20.3 Å². The number of carbonyl (C=O) groups is 3. The predicted octanol–water partition coefficient (Wildman–Crippen LogP) is 2.47. The van der Waals surface area contributed by atoms with E-state index in [4.69, 9.17) is 16.3 Å². The molecule has 1 aliphatic rings. The van der Waals surface area contributed by atoms with Crippen LogP contribution in [0.5, 0.6) is 5.75 Å². The van der Waals surface area contributed by atoms with Crippen molar-refractivity contribution in [1.29, 1.82) is 0 Å². The number of aromatic nitrogens is 1. The number of benzene rings is 2. The lowest BCUT2D eigenvalue weighted by Crippen LogP contribution is -2.37. The highest BCUT2D eigenvalue weighted by atomic mass is 35.5. The zero-order chi connectivity index (χ0) is 21.3. The van der Waals surface area contributed by atoms with Gasteiger partial charge in [-0.1, -0.05) is 11.6 Å². The van der Waals surface area contributed by atoms with Crippen LogP contribution >= 0.6 is 11.6 Å². The van der Waals surface area contributed by atoms with Crippen molar-refractivity contribution in [2.75, 3.05) is 30.4 Å². The van der Waals surface area contributed by atoms with Gasteiger partial charge in [-0.3, -0.25) is 14.4 Å². The maximum absolute atomic E-state index is 12.2. The van der Waals surface area contributed by atoms with Crippen LogP contribution in [-0.4, -0.2) is 42.9 Å². The van der Waals surface area contributed by atoms with Gasteiger partial charge in [-0.15, -0.1) is 0 Å². The van der Waals surface area contributed by atoms with Gasteiger partial charge in [0.25, 0.3) is 5.91 Å². The molecule has 4 rings (SSSR count). The fraction of sp³-hybridized carbons (Fsp3) is 0.190. The van der Waals surface area contributed by atoms with Gasteiger partial charge in [-0.05, 0) is 48.4 Å². The molecule has 0 aliphatic carbocycles. The number of nitrogens with zero attached hydrogens (tertiary/aromatic N) is 1. The topological polar surface area (TPSA) is 104 Å². The molecule has 9 heteroatoms. The fourth-order valence-corrected chi connectivity index (χ4v) is 3.46. The van der Waals surface area contributed by atoms with Crippen molar-refractivity contribution >= 4 is 51.6 Å². The average Bonchev–Trinajstić information content (AvgIpc) is 3.13. The molecule has 1 aromatic heterocycles. The fourth-order valence-electron chi connectivity index (χ4n) is 3.29. The number of fused-ring (bicyclic) bond motifs is 2. The van der Waals surface area contributed by atoms with Crippen molar-refractivity contribution in [3.05, 3.63) is 53.2 Å². The Balaban J connectivity index is 1.35. The molecule has 3 N–H and O–H groups in total. The van der Waals surface area contributed by atoms with Crippen molar-refractivity contribution in [2.45, 2.75) is 6.42 Å². The molecule has 3 aromatic rings. The normalized spacial score (nSPS) is 13.0. The van der Waals surface area contributed by atoms with Crippen LogP contribution in [0.1, 0.15) is 5.56 Å². The van der Waals surface area contributed by atoms with Gasteiger partial charge in [0.1, 0.15) is 5.75 Å². The molecule has 0 saturated carbocycles. The van der Waals surface area contributed by atoms with Gasteiger partial charge in [0.2, 0.25) is 0 Å². The first-order chi connectivity index (χ1) is 14.4. The first-order valence-corrected chi connectivity index (χ1v) is 9.68. The van der Waals surface area contributed by atoms with Gasteiger partial charge < -0.3 is 25.3 Å². The van der Waals surface area contributed by atoms with Crippen LogP contribution in [0.4, 0.5) is 11.4 Å². The number of nitrogens with one attached hydrogen (secondary N) is 3. The second kappa shape index (κ2) is 8.08. The Morgan fingerprint density at radius 3 is 2.87 bits per heavy atom. The summed E-state index contributed by atoms with van der Waals surface area (Å²) in [7, 11) is 1.62. The summed E-state index contributed by atoms with van der Waals surface area (Å²) in [6, 6.07) is 10.4. The highest BCUT2D eigenvalue weighted by molar-refractivity contribution is 6.39. The van der Waals surface area contributed by atoms with E-state index in [0.717, 1.165) is 16.5 Å². The highest BCUT2D eigenvalue weighted by Gasteiger charge is 2.23. The van der Waals surface area contributed by atoms with E-state index in [2.05, 4.69) is 15.6 Å². The summed E-state index contributed by atoms with van der Waals surface area (Å²) in [5, 5.41) is 6.77. The number of aromatic amines is 1. The number of rotatable bonds is 4. The lowest BCUT2D eigenvalue weighted by Gasteiger charge is -2.26. The SMILES string of the molecule is CN1C(=O)COc2ccc(NC(=O)C(=O)NCCc3c[nH]c4ccc(Cl)cc34)cc21. The van der Waals surface area contributed by atoms with Crippen LogP contribution in [0.2, 0.25) is 5.02 Å². The third-order valence-electron chi connectivity index (χ3n) is 4.92. The minimum absolute atomic E-state index is 0.0275. The second-order valence-corrected chi connectivity index (χ2v) is 7.32. The standard InChI is InChI=1S/C21H19ClN4O4/c1-26-17-9-14(3-5-18(17)30-11-19(26)27)25-21(29)20(28)23-7-6-12-10-24-16-4-2-13(22)8-15(12)16/h2-5,8-10,24H,6-7,11H2,1H3,(H,23,28)(H,25,29). The monoisotopic (exact) mass is 426 g/mol. The van der Waals surface area contributed by atoms with Crippen LogP contribution in [0.3, 0.4) is 0 Å². The summed E-state index contributed by atoms with van der Waals surface area (Å²) in [6.07, 6.45) is 2.41. The van der Waals surface area contributed by atoms with E-state index in [0.29, 0.717) is 35.1 Å². The van der Waals surface area contributed by atoms with Gasteiger partial charge in [0.15, 0.2) is 6.61 Å². The molecule has 3 amide bonds. The first-order valence-electron chi connectivity index (χ1n) is 9.30. The first kappa shape index (κ1) is 19.8. The quantitative estimate of drug-likeness (QED) is 0.557. The minimum atomic E-state index is -0.789. The number of carbonyl (C=O) groups excluding carboxylic acids is 3. The van der Waals surface area contributed by atoms with Crippen molar-refractivity contribution in [2.24, 2.45) is 0 Å². The average molecular weight is 427 g/mol. The molecule has 0 atom stereocenters. The highest BCUT2D eigenvalue weighted by Crippen LogP contribution is 2.33. The van der Waals surface area contributed by atoms with Crippen molar-refractivity contribution in [1.82, 2.24) is 10.3 Å². The number of hydrogen-bond acceptors (Lipinski definition) is 4. The molecule has 1 aliphatic heterocycles. The molecule has 0 saturated heterocycles. The number of likely N-dealkylation sites (N-methyl/N-ethyl adjacent to an activating group) is 1. The Hall–Kier alpha value is -3.52. The van der Waals surface area contributed by atoms with E-state index < -0.39 is 11.8 Å². The molecule has 8 nitrogen and oxygen atoms in total. The predicted molar refractivity (Wildman–Crippen MR) is 114 cm³/mol. The van der Waals surface area contributed by atoms with Crippen LogP contribution in [0, 0.1) is 0 Å². The van der Waals surface area contributed by atoms with E-state index in [-0.39, 0.29) is 12.5 Å². The summed E-state index contributed by atoms with van der Waals surface area (Å²) in [6.45, 7) is 0.265. The number of amides is 3. The van der Waals surface area contributed by atoms with E-state index >= 15 is 0 Å². The van der Waals surface area contributed by atoms with E-state index in [9.17, 15) is 14.4 Å². The van der Waals surface area contributed by atoms with E-state index in [1.165, 1.54) is 4.90 Å². The molecule has 0 spiro atoms. The zero-order valence-corrected chi connectivity index (χ0v) is 16.9. The lowest BCUT2D eigenvalue weighted by atomic mass is 10.1. The van der Waals surface area contributed by atoms with Gasteiger partial charge in [0, 0.05) is 41.4 Å². The van der Waals surface area contributed by atoms with Gasteiger partial charge in [-0.2, -0.15) is 0 Å². The van der Waals surface area contributed by atoms with Crippen molar-refractivity contribution in [3.8, 4) is 5.75 Å². The van der Waals surface area contributed by atoms with Crippen molar-refractivity contribution < 1.29 is 19.1 Å². The summed E-state index contributed by atoms with van der Waals surface area (Å²) < 4.78 is 5.35. The summed E-state index contributed by atoms with van der Waals surface area (Å²) in [5.74, 6) is -1.19. The second-order valence-electron chi connectivity index (χ2n) is 6.89. The third-order valence-corrected chi connectivity index (χ3v) is 5.15. The van der Waals surface area contributed by atoms with Gasteiger partial charge in [-0.25, -0.2) is 0 Å². The summed E-state index contributed by atoms with van der Waals surface area (Å²) in [5.41, 5.74) is 2.88. The third kappa shape index (κ3) is 3.95. The molecule has 2 heterocycles. The number of ether oxygens (including phenoxy) is 1. The zero-order valence-electron chi connectivity index (χ0n) is 16.1. The van der Waals surface area contributed by atoms with E-state index in [1.807, 2.05) is 18.3 Å². The molecule has 154 valence electrons. The number of H-pyrrole nitrogens is 1. The molecule has 0 bridgehead atoms. The Kier molecular flexibility index (Phi) is 5.33. The molecule has 0 unspecified atom stereocenters. The van der Waals surface area contributed by atoms with Crippen LogP contribution in [0.15, 0.2) is 42.6 Å². The maximum atomic E-state index is 12.2. The Morgan fingerprint density at radius 2 is 2.03 bits per heavy atom. The summed E-state index contributed by atoms with van der Waals surface area (Å²) in [4.78, 5) is 40.7. The molecular formula is C21H19ClN4O4. The Bertz CT molecular complexity index is 1160. The Morgan fingerprint density at radius 1 is 1.20 bits per heavy atom. The smallest absolute Gasteiger partial charge is 0.313 e. The van der Waals surface area contributed by atoms with Crippen LogP contribution in [-0.2, 0) is 20.8 Å². The number of anilines is 2. The maximum Gasteiger partial charge on any atom is 0.313 e. The molecule has 0 fully saturated rings. The number of halogens is 1. The molecular weight excluding hydrogens is 408 g/mol. The molecule has 0 radical (unpaired) electrons. The number of hydrogen-bond donors (Lipinski definition) is 3. The van der Waals surface area contributed by atoms with E-state index in [1.54, 1.807) is 31.3 Å².